The summed E-state index contributed by atoms with van der Waals surface area (Å²) in [5.74, 6) is 0.0453. The summed E-state index contributed by atoms with van der Waals surface area (Å²) in [7, 11) is 2.10. The van der Waals surface area contributed by atoms with Gasteiger partial charge in [-0.1, -0.05) is 0 Å². The third-order valence-electron chi connectivity index (χ3n) is 2.68. The summed E-state index contributed by atoms with van der Waals surface area (Å²) in [5.41, 5.74) is 0.592. The molecular weight excluding hydrogens is 210 g/mol. The average molecular weight is 225 g/mol. The lowest BCUT2D eigenvalue weighted by molar-refractivity contribution is 0.101. The van der Waals surface area contributed by atoms with Crippen molar-refractivity contribution in [2.24, 2.45) is 0 Å². The zero-order valence-corrected chi connectivity index (χ0v) is 9.80. The van der Waals surface area contributed by atoms with Crippen LogP contribution in [0.1, 0.15) is 28.5 Å². The molecule has 0 bridgehead atoms. The van der Waals surface area contributed by atoms with Crippen molar-refractivity contribution in [3.8, 4) is 0 Å². The molecule has 2 heterocycles. The van der Waals surface area contributed by atoms with E-state index in [0.717, 1.165) is 24.6 Å². The van der Waals surface area contributed by atoms with Crippen molar-refractivity contribution < 1.29 is 4.79 Å². The van der Waals surface area contributed by atoms with Crippen molar-refractivity contribution in [1.29, 1.82) is 0 Å². The molecule has 1 N–H and O–H groups in total. The third kappa shape index (κ3) is 2.25. The van der Waals surface area contributed by atoms with Crippen LogP contribution in [-0.2, 0) is 0 Å². The number of rotatable bonds is 2. The van der Waals surface area contributed by atoms with Gasteiger partial charge in [0.15, 0.2) is 5.78 Å². The Morgan fingerprint density at radius 1 is 1.73 bits per heavy atom. The summed E-state index contributed by atoms with van der Waals surface area (Å²) in [6.07, 6.45) is 0. The molecule has 0 saturated carbocycles. The van der Waals surface area contributed by atoms with Gasteiger partial charge in [0.05, 0.1) is 6.04 Å². The SMILES string of the molecule is CC(=O)c1csc(C2CNCCN2C)n1. The van der Waals surface area contributed by atoms with Crippen molar-refractivity contribution in [2.45, 2.75) is 13.0 Å². The van der Waals surface area contributed by atoms with Crippen LogP contribution in [0.5, 0.6) is 0 Å². The summed E-state index contributed by atoms with van der Waals surface area (Å²) in [5, 5.41) is 6.23. The molecule has 1 atom stereocenters. The highest BCUT2D eigenvalue weighted by Gasteiger charge is 2.23. The molecule has 15 heavy (non-hydrogen) atoms. The fraction of sp³-hybridized carbons (Fsp3) is 0.600. The van der Waals surface area contributed by atoms with E-state index in [0.29, 0.717) is 11.7 Å². The topological polar surface area (TPSA) is 45.2 Å². The zero-order valence-electron chi connectivity index (χ0n) is 8.99. The molecule has 1 aliphatic rings. The Morgan fingerprint density at radius 2 is 2.53 bits per heavy atom. The van der Waals surface area contributed by atoms with Gasteiger partial charge in [0.2, 0.25) is 0 Å². The summed E-state index contributed by atoms with van der Waals surface area (Å²) in [6, 6.07) is 0.317. The third-order valence-corrected chi connectivity index (χ3v) is 3.62. The molecule has 1 aliphatic heterocycles. The number of hydrogen-bond donors (Lipinski definition) is 1. The normalized spacial score (nSPS) is 22.9. The van der Waals surface area contributed by atoms with E-state index in [1.807, 2.05) is 5.38 Å². The molecule has 1 aromatic rings. The Bertz CT molecular complexity index is 363. The van der Waals surface area contributed by atoms with E-state index in [-0.39, 0.29) is 5.78 Å². The largest absolute Gasteiger partial charge is 0.313 e. The first-order chi connectivity index (χ1) is 7.18. The lowest BCUT2D eigenvalue weighted by atomic mass is 10.2. The number of piperazine rings is 1. The second-order valence-corrected chi connectivity index (χ2v) is 4.72. The number of likely N-dealkylation sites (N-methyl/N-ethyl adjacent to an activating group) is 1. The Kier molecular flexibility index (Phi) is 3.14. The molecule has 1 saturated heterocycles. The van der Waals surface area contributed by atoms with Gasteiger partial charge >= 0.3 is 0 Å². The van der Waals surface area contributed by atoms with Crippen LogP contribution in [-0.4, -0.2) is 42.3 Å². The van der Waals surface area contributed by atoms with Crippen LogP contribution in [0, 0.1) is 0 Å². The number of carbonyl (C=O) groups excluding carboxylic acids is 1. The van der Waals surface area contributed by atoms with Gasteiger partial charge in [0, 0.05) is 31.9 Å². The number of carbonyl (C=O) groups is 1. The van der Waals surface area contributed by atoms with Crippen LogP contribution in [0.15, 0.2) is 5.38 Å². The monoisotopic (exact) mass is 225 g/mol. The Labute approximate surface area is 93.3 Å². The quantitative estimate of drug-likeness (QED) is 0.760. The van der Waals surface area contributed by atoms with E-state index in [2.05, 4.69) is 22.2 Å². The molecule has 82 valence electrons. The first-order valence-electron chi connectivity index (χ1n) is 5.06. The van der Waals surface area contributed by atoms with Crippen molar-refractivity contribution in [3.63, 3.8) is 0 Å². The minimum Gasteiger partial charge on any atom is -0.313 e. The Hall–Kier alpha value is -0.780. The van der Waals surface area contributed by atoms with E-state index >= 15 is 0 Å². The molecule has 1 aromatic heterocycles. The molecule has 1 fully saturated rings. The van der Waals surface area contributed by atoms with E-state index in [9.17, 15) is 4.79 Å². The molecule has 1 unspecified atom stereocenters. The minimum absolute atomic E-state index is 0.0453. The van der Waals surface area contributed by atoms with Gasteiger partial charge in [-0.25, -0.2) is 4.98 Å². The van der Waals surface area contributed by atoms with Crippen molar-refractivity contribution in [3.05, 3.63) is 16.1 Å². The maximum atomic E-state index is 11.1. The molecule has 0 aliphatic carbocycles. The number of ketones is 1. The fourth-order valence-electron chi connectivity index (χ4n) is 1.68. The molecule has 2 rings (SSSR count). The van der Waals surface area contributed by atoms with Crippen LogP contribution in [0.4, 0.5) is 0 Å². The average Bonchev–Trinajstić information content (AvgIpc) is 2.67. The van der Waals surface area contributed by atoms with Gasteiger partial charge in [-0.3, -0.25) is 9.69 Å². The summed E-state index contributed by atoms with van der Waals surface area (Å²) >= 11 is 1.57. The molecule has 0 radical (unpaired) electrons. The van der Waals surface area contributed by atoms with Crippen molar-refractivity contribution >= 4 is 17.1 Å². The summed E-state index contributed by atoms with van der Waals surface area (Å²) in [6.45, 7) is 4.53. The first-order valence-corrected chi connectivity index (χ1v) is 5.94. The van der Waals surface area contributed by atoms with Gasteiger partial charge in [-0.05, 0) is 7.05 Å². The lowest BCUT2D eigenvalue weighted by Crippen LogP contribution is -2.43. The Morgan fingerprint density at radius 3 is 3.13 bits per heavy atom. The number of hydrogen-bond acceptors (Lipinski definition) is 5. The van der Waals surface area contributed by atoms with Crippen molar-refractivity contribution in [1.82, 2.24) is 15.2 Å². The molecule has 4 nitrogen and oxygen atoms in total. The second kappa shape index (κ2) is 4.38. The predicted molar refractivity (Wildman–Crippen MR) is 60.4 cm³/mol. The Balaban J connectivity index is 2.17. The summed E-state index contributed by atoms with van der Waals surface area (Å²) in [4.78, 5) is 17.8. The number of nitrogens with zero attached hydrogens (tertiary/aromatic N) is 2. The molecule has 0 aromatic carbocycles. The van der Waals surface area contributed by atoms with Gasteiger partial charge in [0.25, 0.3) is 0 Å². The minimum atomic E-state index is 0.0453. The molecule has 0 spiro atoms. The second-order valence-electron chi connectivity index (χ2n) is 3.83. The van der Waals surface area contributed by atoms with E-state index in [4.69, 9.17) is 0 Å². The number of Topliss-reactive ketones (excluding diaryl/α,β-unsaturated/α-hetero) is 1. The van der Waals surface area contributed by atoms with Gasteiger partial charge in [-0.2, -0.15) is 0 Å². The molecule has 0 amide bonds. The fourth-order valence-corrected chi connectivity index (χ4v) is 2.71. The first kappa shape index (κ1) is 10.7. The zero-order chi connectivity index (χ0) is 10.8. The smallest absolute Gasteiger partial charge is 0.178 e. The van der Waals surface area contributed by atoms with E-state index < -0.39 is 0 Å². The van der Waals surface area contributed by atoms with E-state index in [1.165, 1.54) is 0 Å². The lowest BCUT2D eigenvalue weighted by Gasteiger charge is -2.31. The highest BCUT2D eigenvalue weighted by molar-refractivity contribution is 7.09. The van der Waals surface area contributed by atoms with Crippen molar-refractivity contribution in [2.75, 3.05) is 26.7 Å². The highest BCUT2D eigenvalue weighted by atomic mass is 32.1. The number of thiazole rings is 1. The maximum absolute atomic E-state index is 11.1. The van der Waals surface area contributed by atoms with Crippen LogP contribution in [0.25, 0.3) is 0 Å². The van der Waals surface area contributed by atoms with Crippen LogP contribution < -0.4 is 5.32 Å². The molecule has 5 heteroatoms. The van der Waals surface area contributed by atoms with Crippen LogP contribution >= 0.6 is 11.3 Å². The maximum Gasteiger partial charge on any atom is 0.178 e. The molecular formula is C10H15N3OS. The van der Waals surface area contributed by atoms with Crippen LogP contribution in [0.2, 0.25) is 0 Å². The standard InChI is InChI=1S/C10H15N3OS/c1-7(14)8-6-15-10(12-8)9-5-11-3-4-13(9)2/h6,9,11H,3-5H2,1-2H3. The number of nitrogens with one attached hydrogen (secondary N) is 1. The van der Waals surface area contributed by atoms with Gasteiger partial charge in [-0.15, -0.1) is 11.3 Å². The highest BCUT2D eigenvalue weighted by Crippen LogP contribution is 2.24. The predicted octanol–water partition coefficient (Wildman–Crippen LogP) is 0.922. The van der Waals surface area contributed by atoms with Crippen LogP contribution in [0.3, 0.4) is 0 Å². The van der Waals surface area contributed by atoms with Gasteiger partial charge in [0.1, 0.15) is 10.7 Å². The van der Waals surface area contributed by atoms with E-state index in [1.54, 1.807) is 18.3 Å². The van der Waals surface area contributed by atoms with Gasteiger partial charge < -0.3 is 5.32 Å². The number of aromatic nitrogens is 1. The summed E-state index contributed by atoms with van der Waals surface area (Å²) < 4.78 is 0.